The summed E-state index contributed by atoms with van der Waals surface area (Å²) in [4.78, 5) is 12.6. The number of hydrogen-bond acceptors (Lipinski definition) is 6. The first-order chi connectivity index (χ1) is 12.0. The summed E-state index contributed by atoms with van der Waals surface area (Å²) in [5.41, 5.74) is -1.02. The lowest BCUT2D eigenvalue weighted by Crippen LogP contribution is -2.47. The van der Waals surface area contributed by atoms with Gasteiger partial charge in [-0.2, -0.15) is 0 Å². The molecular formula is C17H23NO6S. The van der Waals surface area contributed by atoms with Crippen LogP contribution in [0, 0.1) is 0 Å². The molecule has 1 aromatic carbocycles. The first kappa shape index (κ1) is 18.2. The summed E-state index contributed by atoms with van der Waals surface area (Å²) in [5, 5.41) is 13.1. The fraction of sp³-hybridized carbons (Fsp3) is 0.588. The van der Waals surface area contributed by atoms with Gasteiger partial charge in [0.05, 0.1) is 16.9 Å². The van der Waals surface area contributed by atoms with Gasteiger partial charge < -0.3 is 24.6 Å². The highest BCUT2D eigenvalue weighted by Gasteiger charge is 2.39. The lowest BCUT2D eigenvalue weighted by atomic mass is 9.97. The number of carbonyl (C=O) groups is 1. The second-order valence-corrected chi connectivity index (χ2v) is 7.82. The minimum atomic E-state index is -1.31. The molecule has 2 heterocycles. The number of carbonyl (C=O) groups excluding carboxylic acids is 1. The van der Waals surface area contributed by atoms with Crippen LogP contribution in [0.5, 0.6) is 11.5 Å². The Kier molecular flexibility index (Phi) is 5.61. The van der Waals surface area contributed by atoms with Crippen LogP contribution in [0.15, 0.2) is 23.1 Å². The third kappa shape index (κ3) is 4.31. The maximum Gasteiger partial charge on any atom is 0.221 e. The number of amides is 1. The lowest BCUT2D eigenvalue weighted by molar-refractivity contribution is -0.122. The number of hydrogen-bond donors (Lipinski definition) is 2. The van der Waals surface area contributed by atoms with Gasteiger partial charge in [0.25, 0.3) is 0 Å². The number of nitrogens with one attached hydrogen (secondary N) is 1. The molecule has 3 unspecified atom stereocenters. The molecule has 138 valence electrons. The number of ether oxygens (including phenoxy) is 3. The first-order valence-corrected chi connectivity index (χ1v) is 9.68. The van der Waals surface area contributed by atoms with Crippen molar-refractivity contribution in [2.24, 2.45) is 0 Å². The van der Waals surface area contributed by atoms with Crippen molar-refractivity contribution in [3.8, 4) is 11.5 Å². The standard InChI is InChI=1S/C17H23NO6S/c1-12-17(20,5-6-22-12)11-18-16(19)4-9-25(21)13-2-3-14-15(10-13)24-8-7-23-14/h2-3,10,12,20H,4-9,11H2,1H3,(H,18,19). The van der Waals surface area contributed by atoms with E-state index in [-0.39, 0.29) is 30.7 Å². The Labute approximate surface area is 149 Å². The third-order valence-electron chi connectivity index (χ3n) is 4.54. The Hall–Kier alpha value is -1.64. The van der Waals surface area contributed by atoms with E-state index in [1.54, 1.807) is 25.1 Å². The average Bonchev–Trinajstić information content (AvgIpc) is 2.96. The second kappa shape index (κ2) is 7.72. The SMILES string of the molecule is CC1OCCC1(O)CNC(=O)CCS(=O)c1ccc2c(c1)OCCO2. The summed E-state index contributed by atoms with van der Waals surface area (Å²) in [7, 11) is -1.31. The molecule has 25 heavy (non-hydrogen) atoms. The monoisotopic (exact) mass is 369 g/mol. The van der Waals surface area contributed by atoms with Crippen LogP contribution in [0.1, 0.15) is 19.8 Å². The van der Waals surface area contributed by atoms with E-state index in [1.165, 1.54) is 0 Å². The molecule has 8 heteroatoms. The molecule has 1 aromatic rings. The van der Waals surface area contributed by atoms with Gasteiger partial charge in [0.15, 0.2) is 11.5 Å². The molecule has 0 saturated carbocycles. The molecule has 3 atom stereocenters. The Balaban J connectivity index is 1.48. The second-order valence-electron chi connectivity index (χ2n) is 6.25. The van der Waals surface area contributed by atoms with Gasteiger partial charge in [-0.25, -0.2) is 0 Å². The zero-order chi connectivity index (χ0) is 17.9. The molecule has 3 rings (SSSR count). The summed E-state index contributed by atoms with van der Waals surface area (Å²) < 4.78 is 28.6. The molecule has 1 saturated heterocycles. The molecule has 2 aliphatic rings. The van der Waals surface area contributed by atoms with Crippen molar-refractivity contribution in [2.75, 3.05) is 32.1 Å². The Morgan fingerprint density at radius 3 is 2.80 bits per heavy atom. The Morgan fingerprint density at radius 1 is 1.32 bits per heavy atom. The molecule has 0 radical (unpaired) electrons. The summed E-state index contributed by atoms with van der Waals surface area (Å²) in [5.74, 6) is 1.19. The van der Waals surface area contributed by atoms with Gasteiger partial charge in [-0.15, -0.1) is 0 Å². The van der Waals surface area contributed by atoms with Crippen molar-refractivity contribution < 1.29 is 28.3 Å². The predicted octanol–water partition coefficient (Wildman–Crippen LogP) is 0.612. The van der Waals surface area contributed by atoms with Gasteiger partial charge in [0.2, 0.25) is 5.91 Å². The van der Waals surface area contributed by atoms with Crippen LogP contribution in [-0.4, -0.2) is 59.0 Å². The van der Waals surface area contributed by atoms with E-state index in [0.717, 1.165) is 0 Å². The number of fused-ring (bicyclic) bond motifs is 1. The topological polar surface area (TPSA) is 94.1 Å². The van der Waals surface area contributed by atoms with Crippen LogP contribution in [0.3, 0.4) is 0 Å². The highest BCUT2D eigenvalue weighted by Crippen LogP contribution is 2.31. The van der Waals surface area contributed by atoms with E-state index in [0.29, 0.717) is 42.6 Å². The summed E-state index contributed by atoms with van der Waals surface area (Å²) in [6.45, 7) is 3.39. The van der Waals surface area contributed by atoms with Gasteiger partial charge in [-0.1, -0.05) is 0 Å². The molecule has 0 bridgehead atoms. The van der Waals surface area contributed by atoms with Crippen molar-refractivity contribution in [3.05, 3.63) is 18.2 Å². The van der Waals surface area contributed by atoms with Crippen LogP contribution >= 0.6 is 0 Å². The largest absolute Gasteiger partial charge is 0.486 e. The van der Waals surface area contributed by atoms with Crippen LogP contribution in [-0.2, 0) is 20.3 Å². The quantitative estimate of drug-likeness (QED) is 0.763. The average molecular weight is 369 g/mol. The van der Waals surface area contributed by atoms with E-state index in [2.05, 4.69) is 5.32 Å². The highest BCUT2D eigenvalue weighted by molar-refractivity contribution is 7.85. The minimum Gasteiger partial charge on any atom is -0.486 e. The van der Waals surface area contributed by atoms with Crippen LogP contribution in [0.25, 0.3) is 0 Å². The molecule has 0 aromatic heterocycles. The molecule has 0 aliphatic carbocycles. The number of aliphatic hydroxyl groups is 1. The van der Waals surface area contributed by atoms with Crippen LogP contribution < -0.4 is 14.8 Å². The van der Waals surface area contributed by atoms with Gasteiger partial charge in [0.1, 0.15) is 18.8 Å². The molecule has 0 spiro atoms. The van der Waals surface area contributed by atoms with E-state index < -0.39 is 16.4 Å². The Morgan fingerprint density at radius 2 is 2.08 bits per heavy atom. The lowest BCUT2D eigenvalue weighted by Gasteiger charge is -2.26. The minimum absolute atomic E-state index is 0.117. The molecule has 2 N–H and O–H groups in total. The summed E-state index contributed by atoms with van der Waals surface area (Å²) in [6.07, 6.45) is 0.309. The smallest absolute Gasteiger partial charge is 0.221 e. The third-order valence-corrected chi connectivity index (χ3v) is 5.90. The van der Waals surface area contributed by atoms with E-state index in [4.69, 9.17) is 14.2 Å². The summed E-state index contributed by atoms with van der Waals surface area (Å²) >= 11 is 0. The highest BCUT2D eigenvalue weighted by atomic mass is 32.2. The number of benzene rings is 1. The van der Waals surface area contributed by atoms with Crippen molar-refractivity contribution >= 4 is 16.7 Å². The van der Waals surface area contributed by atoms with E-state index in [1.807, 2.05) is 0 Å². The first-order valence-electron chi connectivity index (χ1n) is 8.37. The maximum atomic E-state index is 12.4. The predicted molar refractivity (Wildman–Crippen MR) is 91.3 cm³/mol. The van der Waals surface area contributed by atoms with Crippen LogP contribution in [0.4, 0.5) is 0 Å². The molecular weight excluding hydrogens is 346 g/mol. The van der Waals surface area contributed by atoms with Gasteiger partial charge in [-0.05, 0) is 19.1 Å². The molecule has 1 amide bonds. The molecule has 7 nitrogen and oxygen atoms in total. The zero-order valence-electron chi connectivity index (χ0n) is 14.2. The van der Waals surface area contributed by atoms with Crippen molar-refractivity contribution in [1.29, 1.82) is 0 Å². The van der Waals surface area contributed by atoms with E-state index in [9.17, 15) is 14.1 Å². The van der Waals surface area contributed by atoms with Crippen LogP contribution in [0.2, 0.25) is 0 Å². The summed E-state index contributed by atoms with van der Waals surface area (Å²) in [6, 6.07) is 5.16. The van der Waals surface area contributed by atoms with Gasteiger partial charge >= 0.3 is 0 Å². The Bertz CT molecular complexity index is 667. The number of rotatable bonds is 6. The molecule has 2 aliphatic heterocycles. The van der Waals surface area contributed by atoms with Crippen molar-refractivity contribution in [3.63, 3.8) is 0 Å². The van der Waals surface area contributed by atoms with E-state index >= 15 is 0 Å². The van der Waals surface area contributed by atoms with Crippen molar-refractivity contribution in [2.45, 2.75) is 36.4 Å². The maximum absolute atomic E-state index is 12.4. The normalized spacial score (nSPS) is 26.2. The zero-order valence-corrected chi connectivity index (χ0v) is 15.0. The van der Waals surface area contributed by atoms with Gasteiger partial charge in [-0.3, -0.25) is 9.00 Å². The fourth-order valence-corrected chi connectivity index (χ4v) is 3.88. The fourth-order valence-electron chi connectivity index (χ4n) is 2.81. The van der Waals surface area contributed by atoms with Gasteiger partial charge in [0, 0.05) is 42.7 Å². The van der Waals surface area contributed by atoms with Crippen molar-refractivity contribution in [1.82, 2.24) is 5.32 Å². The molecule has 1 fully saturated rings.